The first-order chi connectivity index (χ1) is 7.04. The molecule has 1 rings (SSSR count). The number of carbonyl (C=O) groups is 2. The Morgan fingerprint density at radius 3 is 2.80 bits per heavy atom. The summed E-state index contributed by atoms with van der Waals surface area (Å²) in [6, 6.07) is 0. The average Bonchev–Trinajstić information content (AvgIpc) is 2.56. The van der Waals surface area contributed by atoms with Crippen molar-refractivity contribution >= 4 is 11.8 Å². The van der Waals surface area contributed by atoms with Crippen LogP contribution in [-0.4, -0.2) is 29.8 Å². The number of amides is 2. The number of carbonyl (C=O) groups excluding carboxylic acids is 2. The van der Waals surface area contributed by atoms with Crippen molar-refractivity contribution in [3.8, 4) is 0 Å². The lowest BCUT2D eigenvalue weighted by atomic mass is 9.95. The van der Waals surface area contributed by atoms with Crippen molar-refractivity contribution in [1.29, 1.82) is 0 Å². The van der Waals surface area contributed by atoms with E-state index < -0.39 is 0 Å². The summed E-state index contributed by atoms with van der Waals surface area (Å²) >= 11 is 0. The van der Waals surface area contributed by atoms with Gasteiger partial charge in [0.25, 0.3) is 0 Å². The van der Waals surface area contributed by atoms with Gasteiger partial charge in [0.1, 0.15) is 0 Å². The van der Waals surface area contributed by atoms with Crippen molar-refractivity contribution < 1.29 is 9.59 Å². The van der Waals surface area contributed by atoms with E-state index in [2.05, 4.69) is 19.3 Å². The van der Waals surface area contributed by atoms with Crippen LogP contribution in [0.4, 0.5) is 0 Å². The number of nitrogens with zero attached hydrogens (tertiary/aromatic N) is 1. The zero-order chi connectivity index (χ0) is 11.4. The van der Waals surface area contributed by atoms with Gasteiger partial charge in [-0.15, -0.1) is 0 Å². The summed E-state index contributed by atoms with van der Waals surface area (Å²) in [5, 5.41) is 0. The van der Waals surface area contributed by atoms with Gasteiger partial charge in [0, 0.05) is 25.9 Å². The second kappa shape index (κ2) is 5.11. The van der Waals surface area contributed by atoms with E-state index in [1.807, 2.05) is 0 Å². The highest BCUT2D eigenvalue weighted by Gasteiger charge is 2.31. The Hall–Kier alpha value is -1.10. The molecule has 1 fully saturated rings. The molecule has 0 spiro atoms. The Balaban J connectivity index is 2.37. The summed E-state index contributed by atoms with van der Waals surface area (Å²) in [6.07, 6.45) is 0.898. The maximum absolute atomic E-state index is 11.6. The van der Waals surface area contributed by atoms with Crippen LogP contribution in [0.1, 0.15) is 26.7 Å². The number of nitrogens with two attached hydrogens (primary N) is 1. The Morgan fingerprint density at radius 2 is 2.33 bits per heavy atom. The molecule has 1 saturated heterocycles. The van der Waals surface area contributed by atoms with Crippen LogP contribution in [0.15, 0.2) is 0 Å². The van der Waals surface area contributed by atoms with E-state index in [9.17, 15) is 9.59 Å². The molecule has 0 radical (unpaired) electrons. The van der Waals surface area contributed by atoms with Crippen molar-refractivity contribution in [1.82, 2.24) is 10.3 Å². The van der Waals surface area contributed by atoms with Crippen molar-refractivity contribution in [3.05, 3.63) is 0 Å². The normalized spacial score (nSPS) is 21.2. The van der Waals surface area contributed by atoms with Gasteiger partial charge in [-0.1, -0.05) is 13.8 Å². The molecule has 5 heteroatoms. The number of hydrogen-bond donors (Lipinski definition) is 2. The molecule has 5 nitrogen and oxygen atoms in total. The highest BCUT2D eigenvalue weighted by Crippen LogP contribution is 2.24. The van der Waals surface area contributed by atoms with E-state index >= 15 is 0 Å². The smallest absolute Gasteiger partial charge is 0.235 e. The average molecular weight is 213 g/mol. The first kappa shape index (κ1) is 12.0. The number of rotatable bonds is 4. The third-order valence-corrected chi connectivity index (χ3v) is 2.96. The van der Waals surface area contributed by atoms with Crippen LogP contribution in [-0.2, 0) is 9.59 Å². The van der Waals surface area contributed by atoms with Gasteiger partial charge < -0.3 is 4.90 Å². The zero-order valence-corrected chi connectivity index (χ0v) is 9.32. The molecule has 1 unspecified atom stereocenters. The van der Waals surface area contributed by atoms with Crippen LogP contribution in [0.3, 0.4) is 0 Å². The second-order valence-corrected chi connectivity index (χ2v) is 4.37. The molecule has 0 bridgehead atoms. The Labute approximate surface area is 90.0 Å². The van der Waals surface area contributed by atoms with Crippen LogP contribution in [0.25, 0.3) is 0 Å². The van der Waals surface area contributed by atoms with Gasteiger partial charge in [-0.05, 0) is 11.8 Å². The summed E-state index contributed by atoms with van der Waals surface area (Å²) in [7, 11) is 0. The lowest BCUT2D eigenvalue weighted by molar-refractivity contribution is -0.128. The van der Waals surface area contributed by atoms with Crippen LogP contribution >= 0.6 is 0 Å². The topological polar surface area (TPSA) is 75.4 Å². The van der Waals surface area contributed by atoms with Gasteiger partial charge >= 0.3 is 0 Å². The van der Waals surface area contributed by atoms with Gasteiger partial charge in [0.15, 0.2) is 0 Å². The van der Waals surface area contributed by atoms with Gasteiger partial charge in [-0.3, -0.25) is 15.0 Å². The fraction of sp³-hybridized carbons (Fsp3) is 0.800. The Bertz CT molecular complexity index is 253. The van der Waals surface area contributed by atoms with E-state index in [0.717, 1.165) is 6.54 Å². The molecular weight excluding hydrogens is 194 g/mol. The molecule has 0 saturated carbocycles. The molecule has 1 atom stereocenters. The minimum absolute atomic E-state index is 0.151. The highest BCUT2D eigenvalue weighted by molar-refractivity contribution is 5.80. The van der Waals surface area contributed by atoms with Gasteiger partial charge in [-0.2, -0.15) is 0 Å². The quantitative estimate of drug-likeness (QED) is 0.388. The third-order valence-electron chi connectivity index (χ3n) is 2.96. The molecule has 1 aliphatic rings. The van der Waals surface area contributed by atoms with Crippen molar-refractivity contribution in [2.45, 2.75) is 26.7 Å². The van der Waals surface area contributed by atoms with Crippen molar-refractivity contribution in [2.24, 2.45) is 17.7 Å². The van der Waals surface area contributed by atoms with Gasteiger partial charge in [-0.25, -0.2) is 5.84 Å². The predicted molar refractivity (Wildman–Crippen MR) is 56.5 cm³/mol. The molecule has 1 aliphatic heterocycles. The summed E-state index contributed by atoms with van der Waals surface area (Å²) in [5.74, 6) is 5.83. The lowest BCUT2D eigenvalue weighted by Crippen LogP contribution is -2.35. The lowest BCUT2D eigenvalue weighted by Gasteiger charge is -2.17. The van der Waals surface area contributed by atoms with E-state index in [1.165, 1.54) is 0 Å². The summed E-state index contributed by atoms with van der Waals surface area (Å²) < 4.78 is 0. The van der Waals surface area contributed by atoms with Crippen LogP contribution in [0.5, 0.6) is 0 Å². The molecule has 0 aromatic carbocycles. The fourth-order valence-electron chi connectivity index (χ4n) is 1.77. The second-order valence-electron chi connectivity index (χ2n) is 4.37. The Morgan fingerprint density at radius 1 is 1.67 bits per heavy atom. The maximum Gasteiger partial charge on any atom is 0.235 e. The minimum atomic E-state index is -0.226. The van der Waals surface area contributed by atoms with Crippen molar-refractivity contribution in [2.75, 3.05) is 13.1 Å². The molecule has 3 N–H and O–H groups in total. The monoisotopic (exact) mass is 213 g/mol. The Kier molecular flexibility index (Phi) is 4.08. The van der Waals surface area contributed by atoms with Crippen LogP contribution in [0.2, 0.25) is 0 Å². The zero-order valence-electron chi connectivity index (χ0n) is 9.32. The number of likely N-dealkylation sites (tertiary alicyclic amines) is 1. The minimum Gasteiger partial charge on any atom is -0.342 e. The van der Waals surface area contributed by atoms with Crippen LogP contribution < -0.4 is 11.3 Å². The predicted octanol–water partition coefficient (Wildman–Crippen LogP) is -0.129. The number of hydrogen-bond acceptors (Lipinski definition) is 3. The van der Waals surface area contributed by atoms with E-state index in [-0.39, 0.29) is 18.2 Å². The highest BCUT2D eigenvalue weighted by atomic mass is 16.2. The number of hydrazine groups is 1. The first-order valence-electron chi connectivity index (χ1n) is 5.31. The van der Waals surface area contributed by atoms with E-state index in [0.29, 0.717) is 24.8 Å². The molecule has 0 aromatic heterocycles. The summed E-state index contributed by atoms with van der Waals surface area (Å²) in [4.78, 5) is 24.2. The van der Waals surface area contributed by atoms with Gasteiger partial charge in [0.05, 0.1) is 0 Å². The molecule has 15 heavy (non-hydrogen) atoms. The SMILES string of the molecule is CC(C)C1CC(=O)N(CCC(=O)NN)C1. The van der Waals surface area contributed by atoms with Crippen molar-refractivity contribution in [3.63, 3.8) is 0 Å². The van der Waals surface area contributed by atoms with E-state index in [1.54, 1.807) is 4.90 Å². The standard InChI is InChI=1S/C10H19N3O2/c1-7(2)8-5-10(15)13(6-8)4-3-9(14)12-11/h7-8H,3-6,11H2,1-2H3,(H,12,14). The third kappa shape index (κ3) is 3.20. The first-order valence-corrected chi connectivity index (χ1v) is 5.31. The summed E-state index contributed by atoms with van der Waals surface area (Å²) in [6.45, 7) is 5.49. The van der Waals surface area contributed by atoms with E-state index in [4.69, 9.17) is 5.84 Å². The number of nitrogens with one attached hydrogen (secondary N) is 1. The molecule has 86 valence electrons. The molecule has 1 heterocycles. The molecular formula is C10H19N3O2. The largest absolute Gasteiger partial charge is 0.342 e. The summed E-state index contributed by atoms with van der Waals surface area (Å²) in [5.41, 5.74) is 2.06. The molecule has 2 amide bonds. The fourth-order valence-corrected chi connectivity index (χ4v) is 1.77. The van der Waals surface area contributed by atoms with Crippen LogP contribution in [0, 0.1) is 11.8 Å². The maximum atomic E-state index is 11.6. The molecule has 0 aromatic rings. The van der Waals surface area contributed by atoms with Gasteiger partial charge in [0.2, 0.25) is 11.8 Å². The molecule has 0 aliphatic carbocycles.